The normalized spacial score (nSPS) is 24.1. The molecule has 0 aromatic rings. The molecular weight excluding hydrogens is 321 g/mol. The number of rotatable bonds is 3. The molecule has 20 heavy (non-hydrogen) atoms. The van der Waals surface area contributed by atoms with Crippen LogP contribution in [-0.2, 0) is 0 Å². The highest BCUT2D eigenvalue weighted by molar-refractivity contribution is 5.86. The van der Waals surface area contributed by atoms with E-state index in [0.717, 1.165) is 58.4 Å². The quantitative estimate of drug-likeness (QED) is 0.810. The summed E-state index contributed by atoms with van der Waals surface area (Å²) in [4.78, 5) is 5.06. The summed E-state index contributed by atoms with van der Waals surface area (Å²) in [6.45, 7) is 7.88. The lowest BCUT2D eigenvalue weighted by Gasteiger charge is -2.38. The third-order valence-corrected chi connectivity index (χ3v) is 4.28. The topological polar surface area (TPSA) is 52.7 Å². The smallest absolute Gasteiger partial charge is 0.0564 e. The van der Waals surface area contributed by atoms with Crippen molar-refractivity contribution in [1.82, 2.24) is 9.80 Å². The third-order valence-electron chi connectivity index (χ3n) is 4.28. The molecule has 0 radical (unpaired) electrons. The summed E-state index contributed by atoms with van der Waals surface area (Å²) in [6.07, 6.45) is 4.10. The van der Waals surface area contributed by atoms with Gasteiger partial charge in [0.2, 0.25) is 0 Å². The summed E-state index contributed by atoms with van der Waals surface area (Å²) in [7, 11) is 0. The summed E-state index contributed by atoms with van der Waals surface area (Å²) in [6, 6.07) is 1.03. The van der Waals surface area contributed by atoms with E-state index in [1.54, 1.807) is 0 Å². The SMILES string of the molecule is C[C@@H](CN1CCC(N)CC1)N1CCC(O)CC1.Cl.Cl.Cl. The first-order chi connectivity index (χ1) is 8.15. The van der Waals surface area contributed by atoms with Gasteiger partial charge in [0.1, 0.15) is 0 Å². The van der Waals surface area contributed by atoms with E-state index in [9.17, 15) is 5.11 Å². The van der Waals surface area contributed by atoms with Gasteiger partial charge < -0.3 is 15.7 Å². The van der Waals surface area contributed by atoms with Gasteiger partial charge in [-0.2, -0.15) is 0 Å². The van der Waals surface area contributed by atoms with Gasteiger partial charge in [0.25, 0.3) is 0 Å². The number of aliphatic hydroxyl groups excluding tert-OH is 1. The van der Waals surface area contributed by atoms with Crippen LogP contribution < -0.4 is 5.73 Å². The first-order valence-corrected chi connectivity index (χ1v) is 7.05. The van der Waals surface area contributed by atoms with Crippen molar-refractivity contribution in [2.75, 3.05) is 32.7 Å². The molecule has 2 aliphatic heterocycles. The maximum absolute atomic E-state index is 9.51. The average Bonchev–Trinajstić information content (AvgIpc) is 2.33. The minimum Gasteiger partial charge on any atom is -0.393 e. The molecule has 124 valence electrons. The summed E-state index contributed by atoms with van der Waals surface area (Å²) in [5.41, 5.74) is 5.92. The third kappa shape index (κ3) is 7.12. The highest BCUT2D eigenvalue weighted by atomic mass is 35.5. The molecule has 0 aromatic heterocycles. The monoisotopic (exact) mass is 349 g/mol. The summed E-state index contributed by atoms with van der Waals surface area (Å²) >= 11 is 0. The number of hydrogen-bond acceptors (Lipinski definition) is 4. The van der Waals surface area contributed by atoms with Gasteiger partial charge in [-0.15, -0.1) is 37.2 Å². The van der Waals surface area contributed by atoms with Gasteiger partial charge in [-0.05, 0) is 45.7 Å². The Labute approximate surface area is 141 Å². The zero-order valence-electron chi connectivity index (χ0n) is 12.2. The molecule has 0 saturated carbocycles. The minimum atomic E-state index is -0.0635. The molecule has 0 unspecified atom stereocenters. The van der Waals surface area contributed by atoms with Crippen LogP contribution in [0.4, 0.5) is 0 Å². The predicted octanol–water partition coefficient (Wildman–Crippen LogP) is 1.52. The summed E-state index contributed by atoms with van der Waals surface area (Å²) in [5, 5.41) is 9.51. The largest absolute Gasteiger partial charge is 0.393 e. The molecule has 2 rings (SSSR count). The Morgan fingerprint density at radius 2 is 1.50 bits per heavy atom. The van der Waals surface area contributed by atoms with Crippen LogP contribution in [0, 0.1) is 0 Å². The summed E-state index contributed by atoms with van der Waals surface area (Å²) < 4.78 is 0. The van der Waals surface area contributed by atoms with Crippen molar-refractivity contribution < 1.29 is 5.11 Å². The number of hydrogen-bond donors (Lipinski definition) is 2. The van der Waals surface area contributed by atoms with Crippen LogP contribution in [-0.4, -0.2) is 65.8 Å². The number of nitrogens with zero attached hydrogens (tertiary/aromatic N) is 2. The minimum absolute atomic E-state index is 0. The molecule has 0 aliphatic carbocycles. The second-order valence-electron chi connectivity index (χ2n) is 5.75. The zero-order chi connectivity index (χ0) is 12.3. The van der Waals surface area contributed by atoms with Gasteiger partial charge in [-0.1, -0.05) is 0 Å². The molecule has 0 aromatic carbocycles. The van der Waals surface area contributed by atoms with Crippen LogP contribution in [0.5, 0.6) is 0 Å². The molecule has 2 saturated heterocycles. The predicted molar refractivity (Wildman–Crippen MR) is 91.7 cm³/mol. The first kappa shape index (κ1) is 23.0. The average molecular weight is 351 g/mol. The Hall–Kier alpha value is 0.710. The molecule has 0 spiro atoms. The van der Waals surface area contributed by atoms with Gasteiger partial charge in [0.15, 0.2) is 0 Å². The van der Waals surface area contributed by atoms with Crippen molar-refractivity contribution in [2.45, 2.75) is 50.8 Å². The van der Waals surface area contributed by atoms with E-state index in [2.05, 4.69) is 16.7 Å². The number of halogens is 3. The molecule has 0 bridgehead atoms. The van der Waals surface area contributed by atoms with Crippen LogP contribution >= 0.6 is 37.2 Å². The van der Waals surface area contributed by atoms with Crippen LogP contribution in [0.1, 0.15) is 32.6 Å². The highest BCUT2D eigenvalue weighted by Gasteiger charge is 2.24. The van der Waals surface area contributed by atoms with E-state index < -0.39 is 0 Å². The van der Waals surface area contributed by atoms with Gasteiger partial charge in [-0.3, -0.25) is 4.90 Å². The molecule has 0 amide bonds. The lowest BCUT2D eigenvalue weighted by Crippen LogP contribution is -2.49. The Kier molecular flexibility index (Phi) is 13.0. The molecule has 1 atom stereocenters. The molecule has 4 nitrogen and oxygen atoms in total. The molecule has 2 aliphatic rings. The van der Waals surface area contributed by atoms with Crippen LogP contribution in [0.15, 0.2) is 0 Å². The van der Waals surface area contributed by atoms with Crippen molar-refractivity contribution in [3.63, 3.8) is 0 Å². The Bertz CT molecular complexity index is 233. The molecule has 2 heterocycles. The second-order valence-corrected chi connectivity index (χ2v) is 5.75. The van der Waals surface area contributed by atoms with E-state index in [4.69, 9.17) is 5.73 Å². The lowest BCUT2D eigenvalue weighted by molar-refractivity contribution is 0.0507. The molecule has 3 N–H and O–H groups in total. The van der Waals surface area contributed by atoms with Gasteiger partial charge in [0, 0.05) is 31.7 Å². The maximum Gasteiger partial charge on any atom is 0.0564 e. The van der Waals surface area contributed by atoms with E-state index in [-0.39, 0.29) is 43.3 Å². The fourth-order valence-electron chi connectivity index (χ4n) is 2.95. The lowest BCUT2D eigenvalue weighted by atomic mass is 10.0. The highest BCUT2D eigenvalue weighted by Crippen LogP contribution is 2.15. The first-order valence-electron chi connectivity index (χ1n) is 7.05. The van der Waals surface area contributed by atoms with E-state index in [1.807, 2.05) is 0 Å². The van der Waals surface area contributed by atoms with E-state index in [1.165, 1.54) is 0 Å². The maximum atomic E-state index is 9.51. The molecule has 2 fully saturated rings. The zero-order valence-corrected chi connectivity index (χ0v) is 14.7. The van der Waals surface area contributed by atoms with Crippen LogP contribution in [0.3, 0.4) is 0 Å². The fourth-order valence-corrected chi connectivity index (χ4v) is 2.95. The number of nitrogens with two attached hydrogens (primary N) is 1. The van der Waals surface area contributed by atoms with Crippen molar-refractivity contribution in [3.05, 3.63) is 0 Å². The molecular formula is C13H30Cl3N3O. The molecule has 7 heteroatoms. The van der Waals surface area contributed by atoms with Gasteiger partial charge in [-0.25, -0.2) is 0 Å². The van der Waals surface area contributed by atoms with Gasteiger partial charge in [0.05, 0.1) is 6.10 Å². The Balaban J connectivity index is 0. The Morgan fingerprint density at radius 3 is 2.00 bits per heavy atom. The van der Waals surface area contributed by atoms with Crippen molar-refractivity contribution >= 4 is 37.2 Å². The van der Waals surface area contributed by atoms with Crippen LogP contribution in [0.2, 0.25) is 0 Å². The van der Waals surface area contributed by atoms with Crippen molar-refractivity contribution in [3.8, 4) is 0 Å². The number of likely N-dealkylation sites (tertiary alicyclic amines) is 2. The van der Waals surface area contributed by atoms with Crippen LogP contribution in [0.25, 0.3) is 0 Å². The summed E-state index contributed by atoms with van der Waals surface area (Å²) in [5.74, 6) is 0. The number of piperidine rings is 2. The Morgan fingerprint density at radius 1 is 1.00 bits per heavy atom. The van der Waals surface area contributed by atoms with Crippen molar-refractivity contribution in [1.29, 1.82) is 0 Å². The van der Waals surface area contributed by atoms with Gasteiger partial charge >= 0.3 is 0 Å². The fraction of sp³-hybridized carbons (Fsp3) is 1.00. The van der Waals surface area contributed by atoms with E-state index in [0.29, 0.717) is 12.1 Å². The van der Waals surface area contributed by atoms with Crippen molar-refractivity contribution in [2.24, 2.45) is 5.73 Å². The second kappa shape index (κ2) is 11.3. The standard InChI is InChI=1S/C13H27N3O.3ClH/c1-11(16-8-4-13(17)5-9-16)10-15-6-2-12(14)3-7-15;;;/h11-13,17H,2-10,14H2,1H3;3*1H/t11-;;;/m0.../s1. The number of aliphatic hydroxyl groups is 1. The van der Waals surface area contributed by atoms with E-state index >= 15 is 0 Å².